The number of hydrogen-bond acceptors (Lipinski definition) is 12. The normalized spacial score (nSPS) is 11.7. The number of rotatable bonds is 21. The summed E-state index contributed by atoms with van der Waals surface area (Å²) < 4.78 is 13.2. The topological polar surface area (TPSA) is 109 Å². The maximum Gasteiger partial charge on any atom is 0.346 e. The molecule has 0 saturated heterocycles. The Hall–Kier alpha value is -6.14. The van der Waals surface area contributed by atoms with E-state index in [1.165, 1.54) is 87.3 Å². The number of fused-ring (bicyclic) bond motifs is 2. The highest BCUT2D eigenvalue weighted by Gasteiger charge is 2.21. The van der Waals surface area contributed by atoms with Crippen molar-refractivity contribution in [3.8, 4) is 57.5 Å². The summed E-state index contributed by atoms with van der Waals surface area (Å²) >= 11 is 8.53. The van der Waals surface area contributed by atoms with Crippen molar-refractivity contribution >= 4 is 106 Å². The number of unbranched alkanes of at least 4 members (excludes halogenated alkanes) is 6. The number of carboxylic acid groups (broad SMARTS) is 1. The van der Waals surface area contributed by atoms with E-state index in [0.717, 1.165) is 99.3 Å². The minimum absolute atomic E-state index is 0.268. The smallest absolute Gasteiger partial charge is 0.346 e. The van der Waals surface area contributed by atoms with Crippen molar-refractivity contribution < 1.29 is 19.4 Å². The van der Waals surface area contributed by atoms with Crippen molar-refractivity contribution in [1.29, 1.82) is 5.26 Å². The van der Waals surface area contributed by atoms with Gasteiger partial charge in [0.05, 0.1) is 44.4 Å². The lowest BCUT2D eigenvalue weighted by molar-refractivity contribution is -0.132. The van der Waals surface area contributed by atoms with E-state index in [9.17, 15) is 15.2 Å². The van der Waals surface area contributed by atoms with Crippen LogP contribution in [0.4, 0.5) is 17.1 Å². The molecule has 69 heavy (non-hydrogen) atoms. The molecule has 0 radical (unpaired) electrons. The third-order valence-corrected chi connectivity index (χ3v) is 18.1. The number of anilines is 3. The molecule has 1 N–H and O–H groups in total. The van der Waals surface area contributed by atoms with Crippen molar-refractivity contribution in [2.75, 3.05) is 19.1 Å². The predicted molar refractivity (Wildman–Crippen MR) is 293 cm³/mol. The van der Waals surface area contributed by atoms with Crippen molar-refractivity contribution in [3.05, 3.63) is 131 Å². The molecule has 5 aromatic heterocycles. The van der Waals surface area contributed by atoms with Gasteiger partial charge >= 0.3 is 5.97 Å². The third-order valence-electron chi connectivity index (χ3n) is 12.1. The van der Waals surface area contributed by atoms with E-state index in [-0.39, 0.29) is 5.57 Å². The summed E-state index contributed by atoms with van der Waals surface area (Å²) in [6, 6.07) is 40.1. The summed E-state index contributed by atoms with van der Waals surface area (Å²) in [6.45, 7) is 4.49. The second-order valence-corrected chi connectivity index (χ2v) is 22.1. The van der Waals surface area contributed by atoms with Crippen LogP contribution in [0.5, 0.6) is 11.5 Å². The number of carbonyl (C=O) groups is 1. The Bertz CT molecular complexity index is 3180. The molecule has 0 aliphatic carbocycles. The van der Waals surface area contributed by atoms with E-state index in [0.29, 0.717) is 0 Å². The molecular formula is C56H52N4O4S5. The molecule has 0 aliphatic heterocycles. The first-order valence-corrected chi connectivity index (χ1v) is 27.4. The van der Waals surface area contributed by atoms with Gasteiger partial charge in [-0.05, 0) is 146 Å². The lowest BCUT2D eigenvalue weighted by Crippen LogP contribution is -2.09. The lowest BCUT2D eigenvalue weighted by Gasteiger charge is -2.26. The monoisotopic (exact) mass is 1000 g/mol. The Kier molecular flexibility index (Phi) is 15.3. The SMILES string of the molecule is CCCCCCc1cc(-c2nc3cc4sc(-c5cc(CCCCCC)c(-c6ccc(/C=C(\C#N)C(=O)O)s6)s5)nc4cc3s2)sc1-c1ccc(N(c2ccc(OC)cc2)c2ccc(OC)cc2)cc1. The molecule has 9 rings (SSSR count). The van der Waals surface area contributed by atoms with Gasteiger partial charge in [-0.2, -0.15) is 5.26 Å². The molecule has 350 valence electrons. The van der Waals surface area contributed by atoms with Gasteiger partial charge in [0.1, 0.15) is 33.2 Å². The summed E-state index contributed by atoms with van der Waals surface area (Å²) in [6.07, 6.45) is 12.9. The number of aliphatic carboxylic acids is 1. The first-order valence-electron chi connectivity index (χ1n) is 23.4. The standard InChI is InChI=1S/C56H52N4O4S5/c1-5-7-9-11-13-36-30-50(66-52(36)35-15-17-39(18-16-35)60(40-19-23-42(63-3)24-20-40)41-21-25-43(64-4)26-22-41)54-58-45-32-49-46(33-48(45)68-54)59-55(69-49)51-31-37(14-12-10-8-6-2)53(67-51)47-28-27-44(65-47)29-38(34-57)56(61)62/h15-33H,5-14H2,1-4H3,(H,61,62)/b38-29+. The van der Waals surface area contributed by atoms with E-state index in [1.807, 2.05) is 47.7 Å². The highest BCUT2D eigenvalue weighted by atomic mass is 32.1. The fourth-order valence-electron chi connectivity index (χ4n) is 8.45. The summed E-state index contributed by atoms with van der Waals surface area (Å²) in [5.74, 6) is 0.409. The van der Waals surface area contributed by atoms with Crippen LogP contribution in [0.2, 0.25) is 0 Å². The highest BCUT2D eigenvalue weighted by Crippen LogP contribution is 2.47. The molecule has 0 atom stereocenters. The Morgan fingerprint density at radius 2 is 1.10 bits per heavy atom. The molecule has 0 unspecified atom stereocenters. The van der Waals surface area contributed by atoms with Crippen LogP contribution in [-0.4, -0.2) is 35.3 Å². The molecule has 13 heteroatoms. The predicted octanol–water partition coefficient (Wildman–Crippen LogP) is 17.5. The van der Waals surface area contributed by atoms with Crippen LogP contribution in [0.1, 0.15) is 81.2 Å². The molecule has 5 heterocycles. The molecule has 4 aromatic carbocycles. The van der Waals surface area contributed by atoms with Crippen LogP contribution in [-0.2, 0) is 17.6 Å². The van der Waals surface area contributed by atoms with Gasteiger partial charge in [0.15, 0.2) is 0 Å². The maximum atomic E-state index is 11.5. The average molecular weight is 1010 g/mol. The molecule has 0 fully saturated rings. The second-order valence-electron chi connectivity index (χ2n) is 16.8. The van der Waals surface area contributed by atoms with E-state index < -0.39 is 5.97 Å². The Labute approximate surface area is 423 Å². The van der Waals surface area contributed by atoms with E-state index in [1.54, 1.807) is 54.3 Å². The average Bonchev–Trinajstić information content (AvgIpc) is 4.24. The number of methoxy groups -OCH3 is 2. The summed E-state index contributed by atoms with van der Waals surface area (Å²) in [7, 11) is 3.38. The molecular weight excluding hydrogens is 953 g/mol. The highest BCUT2D eigenvalue weighted by molar-refractivity contribution is 7.29. The molecule has 0 spiro atoms. The Balaban J connectivity index is 1.01. The van der Waals surface area contributed by atoms with Crippen molar-refractivity contribution in [1.82, 2.24) is 9.97 Å². The van der Waals surface area contributed by atoms with Gasteiger partial charge in [0.25, 0.3) is 0 Å². The molecule has 0 amide bonds. The minimum atomic E-state index is -1.22. The molecule has 0 saturated carbocycles. The van der Waals surface area contributed by atoms with Gasteiger partial charge in [0.2, 0.25) is 0 Å². The number of nitrogens with zero attached hydrogens (tertiary/aromatic N) is 4. The second kappa shape index (κ2) is 22.1. The third kappa shape index (κ3) is 10.9. The number of nitriles is 1. The number of benzene rings is 4. The van der Waals surface area contributed by atoms with E-state index >= 15 is 0 Å². The fourth-order valence-corrected chi connectivity index (χ4v) is 14.0. The lowest BCUT2D eigenvalue weighted by atomic mass is 10.0. The first kappa shape index (κ1) is 47.9. The molecule has 0 aliphatic rings. The van der Waals surface area contributed by atoms with Crippen molar-refractivity contribution in [2.24, 2.45) is 0 Å². The zero-order chi connectivity index (χ0) is 47.9. The first-order chi connectivity index (χ1) is 33.7. The van der Waals surface area contributed by atoms with Gasteiger partial charge in [-0.3, -0.25) is 0 Å². The van der Waals surface area contributed by atoms with Gasteiger partial charge < -0.3 is 19.5 Å². The number of carboxylic acids is 1. The van der Waals surface area contributed by atoms with E-state index in [2.05, 4.69) is 91.5 Å². The molecule has 8 nitrogen and oxygen atoms in total. The van der Waals surface area contributed by atoms with Gasteiger partial charge in [-0.1, -0.05) is 64.5 Å². The van der Waals surface area contributed by atoms with Crippen LogP contribution in [0.25, 0.3) is 66.5 Å². The largest absolute Gasteiger partial charge is 0.497 e. The van der Waals surface area contributed by atoms with Crippen LogP contribution in [0, 0.1) is 11.3 Å². The maximum absolute atomic E-state index is 11.5. The summed E-state index contributed by atoms with van der Waals surface area (Å²) in [5, 5.41) is 20.8. The zero-order valence-corrected chi connectivity index (χ0v) is 43.1. The summed E-state index contributed by atoms with van der Waals surface area (Å²) in [5.41, 5.74) is 8.67. The van der Waals surface area contributed by atoms with Crippen LogP contribution in [0.15, 0.2) is 115 Å². The number of aryl methyl sites for hydroxylation is 2. The van der Waals surface area contributed by atoms with Crippen molar-refractivity contribution in [3.63, 3.8) is 0 Å². The number of hydrogen-bond donors (Lipinski definition) is 1. The quantitative estimate of drug-likeness (QED) is 0.0431. The van der Waals surface area contributed by atoms with Crippen LogP contribution < -0.4 is 14.4 Å². The van der Waals surface area contributed by atoms with E-state index in [4.69, 9.17) is 19.4 Å². The fraction of sp³-hybridized carbons (Fsp3) is 0.250. The van der Waals surface area contributed by atoms with Gasteiger partial charge in [0, 0.05) is 36.6 Å². The Morgan fingerprint density at radius 3 is 1.58 bits per heavy atom. The Morgan fingerprint density at radius 1 is 0.609 bits per heavy atom. The number of thiophene rings is 3. The van der Waals surface area contributed by atoms with Gasteiger partial charge in [-0.15, -0.1) is 56.7 Å². The van der Waals surface area contributed by atoms with Crippen LogP contribution >= 0.6 is 56.7 Å². The number of aromatic nitrogens is 2. The number of thiazole rings is 2. The number of ether oxygens (including phenoxy) is 2. The zero-order valence-electron chi connectivity index (χ0n) is 39.0. The van der Waals surface area contributed by atoms with Gasteiger partial charge in [-0.25, -0.2) is 14.8 Å². The van der Waals surface area contributed by atoms with Crippen LogP contribution in [0.3, 0.4) is 0 Å². The summed E-state index contributed by atoms with van der Waals surface area (Å²) in [4.78, 5) is 30.9. The minimum Gasteiger partial charge on any atom is -0.497 e. The molecule has 0 bridgehead atoms. The molecule has 9 aromatic rings. The van der Waals surface area contributed by atoms with Crippen molar-refractivity contribution in [2.45, 2.75) is 78.1 Å².